The lowest BCUT2D eigenvalue weighted by molar-refractivity contribution is 0.0686. The number of allylic oxidation sites excluding steroid dienone is 1. The van der Waals surface area contributed by atoms with Crippen molar-refractivity contribution in [1.29, 1.82) is 0 Å². The van der Waals surface area contributed by atoms with Crippen LogP contribution in [0.15, 0.2) is 65.3 Å². The summed E-state index contributed by atoms with van der Waals surface area (Å²) < 4.78 is 0. The molecule has 0 bridgehead atoms. The lowest BCUT2D eigenvalue weighted by atomic mass is 9.77. The molecule has 2 atom stereocenters. The molecular weight excluding hydrogens is 495 g/mol. The van der Waals surface area contributed by atoms with Crippen LogP contribution >= 0.6 is 34.5 Å². The summed E-state index contributed by atoms with van der Waals surface area (Å²) in [6.45, 7) is 0. The molecule has 3 aliphatic rings. The zero-order valence-corrected chi connectivity index (χ0v) is 21.7. The molecule has 3 aromatic rings. The van der Waals surface area contributed by atoms with Gasteiger partial charge in [-0.15, -0.1) is 11.3 Å². The van der Waals surface area contributed by atoms with Crippen molar-refractivity contribution < 1.29 is 4.79 Å². The van der Waals surface area contributed by atoms with E-state index in [1.807, 2.05) is 48.5 Å². The fraction of sp³-hybridized carbons (Fsp3) is 0.310. The van der Waals surface area contributed by atoms with Crippen LogP contribution < -0.4 is 0 Å². The minimum atomic E-state index is -0.122. The number of carbonyl (C=O) groups excluding carboxylic acids is 1. The number of hydrogen-bond donors (Lipinski definition) is 0. The predicted octanol–water partition coefficient (Wildman–Crippen LogP) is 8.37. The third kappa shape index (κ3) is 4.48. The Kier molecular flexibility index (Phi) is 6.30. The number of hydrazone groups is 1. The third-order valence-corrected chi connectivity index (χ3v) is 9.07. The zero-order chi connectivity index (χ0) is 23.9. The third-order valence-electron chi connectivity index (χ3n) is 7.34. The van der Waals surface area contributed by atoms with Gasteiger partial charge in [-0.2, -0.15) is 5.10 Å². The van der Waals surface area contributed by atoms with E-state index < -0.39 is 0 Å². The summed E-state index contributed by atoms with van der Waals surface area (Å²) in [5.41, 5.74) is 5.79. The highest BCUT2D eigenvalue weighted by molar-refractivity contribution is 7.14. The second kappa shape index (κ2) is 9.57. The maximum absolute atomic E-state index is 13.9. The minimum absolute atomic E-state index is 0.0112. The molecule has 2 unspecified atom stereocenters. The van der Waals surface area contributed by atoms with Crippen molar-refractivity contribution in [1.82, 2.24) is 5.01 Å². The van der Waals surface area contributed by atoms with Crippen LogP contribution in [0.1, 0.15) is 69.4 Å². The second-order valence-electron chi connectivity index (χ2n) is 9.62. The number of rotatable bonds is 3. The van der Waals surface area contributed by atoms with Crippen LogP contribution in [0.3, 0.4) is 0 Å². The quantitative estimate of drug-likeness (QED) is 0.341. The maximum Gasteiger partial charge on any atom is 0.284 e. The molecule has 1 aromatic heterocycles. The van der Waals surface area contributed by atoms with Crippen LogP contribution in [-0.2, 0) is 12.8 Å². The average molecular weight is 522 g/mol. The molecular formula is C29H26Cl2N2OS. The van der Waals surface area contributed by atoms with Crippen molar-refractivity contribution in [2.24, 2.45) is 11.0 Å². The molecule has 2 heterocycles. The molecule has 6 rings (SSSR count). The molecule has 6 heteroatoms. The van der Waals surface area contributed by atoms with E-state index in [2.05, 4.69) is 12.1 Å². The number of carbonyl (C=O) groups is 1. The summed E-state index contributed by atoms with van der Waals surface area (Å²) in [6.07, 6.45) is 9.82. The Morgan fingerprint density at radius 1 is 0.943 bits per heavy atom. The molecule has 0 spiro atoms. The first-order valence-corrected chi connectivity index (χ1v) is 13.9. The number of nitrogens with zero attached hydrogens (tertiary/aromatic N) is 2. The molecule has 0 radical (unpaired) electrons. The number of fused-ring (bicyclic) bond motifs is 2. The highest BCUT2D eigenvalue weighted by Crippen LogP contribution is 2.45. The maximum atomic E-state index is 13.9. The van der Waals surface area contributed by atoms with Crippen LogP contribution in [0.25, 0.3) is 6.08 Å². The Morgan fingerprint density at radius 3 is 2.40 bits per heavy atom. The van der Waals surface area contributed by atoms with Crippen molar-refractivity contribution in [2.75, 3.05) is 0 Å². The fourth-order valence-electron chi connectivity index (χ4n) is 5.63. The lowest BCUT2D eigenvalue weighted by Gasteiger charge is -2.29. The van der Waals surface area contributed by atoms with Gasteiger partial charge < -0.3 is 0 Å². The molecule has 1 aliphatic heterocycles. The summed E-state index contributed by atoms with van der Waals surface area (Å²) in [7, 11) is 0. The smallest absolute Gasteiger partial charge is 0.266 e. The normalized spacial score (nSPS) is 22.6. The van der Waals surface area contributed by atoms with E-state index in [0.29, 0.717) is 5.02 Å². The van der Waals surface area contributed by atoms with Crippen molar-refractivity contribution in [2.45, 2.75) is 51.0 Å². The first-order valence-electron chi connectivity index (χ1n) is 12.3. The zero-order valence-electron chi connectivity index (χ0n) is 19.3. The lowest BCUT2D eigenvalue weighted by Crippen LogP contribution is -2.31. The molecule has 1 amide bonds. The Labute approximate surface area is 220 Å². The van der Waals surface area contributed by atoms with Gasteiger partial charge in [0.05, 0.1) is 16.6 Å². The summed E-state index contributed by atoms with van der Waals surface area (Å²) >= 11 is 14.0. The average Bonchev–Trinajstić information content (AvgIpc) is 3.48. The monoisotopic (exact) mass is 520 g/mol. The van der Waals surface area contributed by atoms with Crippen LogP contribution in [-0.4, -0.2) is 16.6 Å². The Balaban J connectivity index is 1.41. The minimum Gasteiger partial charge on any atom is -0.266 e. The predicted molar refractivity (Wildman–Crippen MR) is 146 cm³/mol. The van der Waals surface area contributed by atoms with Gasteiger partial charge in [-0.1, -0.05) is 47.5 Å². The molecule has 1 saturated carbocycles. The van der Waals surface area contributed by atoms with Crippen LogP contribution in [0.5, 0.6) is 0 Å². The van der Waals surface area contributed by atoms with E-state index in [-0.39, 0.29) is 17.9 Å². The molecule has 3 nitrogen and oxygen atoms in total. The van der Waals surface area contributed by atoms with E-state index in [0.717, 1.165) is 58.8 Å². The highest BCUT2D eigenvalue weighted by Gasteiger charge is 2.44. The van der Waals surface area contributed by atoms with Gasteiger partial charge in [-0.25, -0.2) is 5.01 Å². The van der Waals surface area contributed by atoms with Gasteiger partial charge in [0, 0.05) is 20.8 Å². The van der Waals surface area contributed by atoms with Gasteiger partial charge in [-0.05, 0) is 104 Å². The van der Waals surface area contributed by atoms with Gasteiger partial charge in [0.15, 0.2) is 0 Å². The number of halogens is 2. The number of amides is 1. The van der Waals surface area contributed by atoms with Gasteiger partial charge in [-0.3, -0.25) is 4.79 Å². The van der Waals surface area contributed by atoms with Gasteiger partial charge in [0.1, 0.15) is 0 Å². The van der Waals surface area contributed by atoms with E-state index in [1.165, 1.54) is 28.9 Å². The number of hydrogen-bond acceptors (Lipinski definition) is 3. The molecule has 35 heavy (non-hydrogen) atoms. The number of thiophene rings is 1. The van der Waals surface area contributed by atoms with Gasteiger partial charge in [0.25, 0.3) is 5.91 Å². The fourth-order valence-corrected chi connectivity index (χ4v) is 7.07. The SMILES string of the molecule is O=C(c1cc2c(s1)CCCC2)N1N=C2/C(=C/c3ccc(Cl)cc3)CCCC2C1c1ccc(Cl)cc1. The van der Waals surface area contributed by atoms with Crippen molar-refractivity contribution in [3.63, 3.8) is 0 Å². The van der Waals surface area contributed by atoms with Crippen molar-refractivity contribution in [3.05, 3.63) is 96.7 Å². The molecule has 0 saturated heterocycles. The highest BCUT2D eigenvalue weighted by atomic mass is 35.5. The Hall–Kier alpha value is -2.40. The largest absolute Gasteiger partial charge is 0.284 e. The molecule has 2 aromatic carbocycles. The van der Waals surface area contributed by atoms with Gasteiger partial charge >= 0.3 is 0 Å². The van der Waals surface area contributed by atoms with E-state index in [4.69, 9.17) is 28.3 Å². The Morgan fingerprint density at radius 2 is 1.66 bits per heavy atom. The van der Waals surface area contributed by atoms with Crippen molar-refractivity contribution in [3.8, 4) is 0 Å². The van der Waals surface area contributed by atoms with Crippen LogP contribution in [0.4, 0.5) is 0 Å². The van der Waals surface area contributed by atoms with Gasteiger partial charge in [0.2, 0.25) is 0 Å². The topological polar surface area (TPSA) is 32.7 Å². The second-order valence-corrected chi connectivity index (χ2v) is 11.6. The molecule has 0 N–H and O–H groups in total. The Bertz CT molecular complexity index is 1300. The van der Waals surface area contributed by atoms with E-state index in [9.17, 15) is 4.79 Å². The summed E-state index contributed by atoms with van der Waals surface area (Å²) in [5.74, 6) is 0.180. The first-order chi connectivity index (χ1) is 17.1. The van der Waals surface area contributed by atoms with E-state index >= 15 is 0 Å². The number of benzene rings is 2. The standard InChI is InChI=1S/C29H26Cl2N2OS/c30-22-12-8-18(9-13-22)16-21-5-3-6-24-27(21)32-33(28(24)19-10-14-23(31)15-11-19)29(34)26-17-20-4-1-2-7-25(20)35-26/h8-17,24,28H,1-7H2/b21-16+. The summed E-state index contributed by atoms with van der Waals surface area (Å²) in [5, 5.41) is 8.24. The first kappa shape index (κ1) is 23.0. The molecule has 1 fully saturated rings. The van der Waals surface area contributed by atoms with Crippen molar-refractivity contribution >= 4 is 52.2 Å². The summed E-state index contributed by atoms with van der Waals surface area (Å²) in [4.78, 5) is 16.1. The van der Waals surface area contributed by atoms with E-state index in [1.54, 1.807) is 16.3 Å². The molecule has 2 aliphatic carbocycles. The summed E-state index contributed by atoms with van der Waals surface area (Å²) in [6, 6.07) is 17.8. The van der Waals surface area contributed by atoms with Crippen LogP contribution in [0, 0.1) is 5.92 Å². The number of aryl methyl sites for hydroxylation is 2. The van der Waals surface area contributed by atoms with Crippen LogP contribution in [0.2, 0.25) is 10.0 Å². The molecule has 178 valence electrons.